The molecule has 1 aliphatic rings. The van der Waals surface area contributed by atoms with Crippen LogP contribution in [-0.2, 0) is 19.6 Å². The van der Waals surface area contributed by atoms with Crippen molar-refractivity contribution < 1.29 is 4.74 Å². The van der Waals surface area contributed by atoms with Crippen LogP contribution in [-0.4, -0.2) is 47.5 Å². The first-order valence-corrected chi connectivity index (χ1v) is 12.5. The van der Waals surface area contributed by atoms with Crippen molar-refractivity contribution in [2.75, 3.05) is 32.7 Å². The fraction of sp³-hybridized carbons (Fsp3) is 0.300. The molecule has 3 aromatic carbocycles. The van der Waals surface area contributed by atoms with Crippen molar-refractivity contribution in [2.24, 2.45) is 0 Å². The molecule has 0 radical (unpaired) electrons. The summed E-state index contributed by atoms with van der Waals surface area (Å²) in [6.07, 6.45) is 0.944. The van der Waals surface area contributed by atoms with E-state index in [1.54, 1.807) is 6.07 Å². The number of piperazine rings is 1. The fourth-order valence-electron chi connectivity index (χ4n) is 4.76. The number of fused-ring (bicyclic) bond motifs is 1. The number of nitrogens with zero attached hydrogens (tertiary/aromatic N) is 2. The van der Waals surface area contributed by atoms with Gasteiger partial charge in [0.25, 0.3) is 0 Å². The van der Waals surface area contributed by atoms with Gasteiger partial charge in [0.15, 0.2) is 0 Å². The highest BCUT2D eigenvalue weighted by atomic mass is 16.5. The van der Waals surface area contributed by atoms with Crippen LogP contribution in [0.3, 0.4) is 0 Å². The molecule has 0 aliphatic carbocycles. The Morgan fingerprint density at radius 2 is 1.54 bits per heavy atom. The minimum absolute atomic E-state index is 0.107. The van der Waals surface area contributed by atoms with E-state index in [-0.39, 0.29) is 5.56 Å². The third-order valence-corrected chi connectivity index (χ3v) is 6.87. The number of aromatic amines is 1. The van der Waals surface area contributed by atoms with Gasteiger partial charge in [0.05, 0.1) is 5.52 Å². The van der Waals surface area contributed by atoms with Crippen molar-refractivity contribution >= 4 is 10.9 Å². The SMILES string of the molecule is Cc1ccc(CN2CCN(CCc3ccc(OCc4ccccc4)c4[nH]c(=O)ccc34)CC2)cc1. The summed E-state index contributed by atoms with van der Waals surface area (Å²) < 4.78 is 6.09. The normalized spacial score (nSPS) is 14.9. The molecule has 4 aromatic rings. The Hall–Kier alpha value is -3.41. The summed E-state index contributed by atoms with van der Waals surface area (Å²) in [6.45, 7) is 8.99. The van der Waals surface area contributed by atoms with Crippen molar-refractivity contribution in [3.8, 4) is 5.75 Å². The van der Waals surface area contributed by atoms with Crippen LogP contribution in [0, 0.1) is 6.92 Å². The molecule has 0 bridgehead atoms. The van der Waals surface area contributed by atoms with E-state index in [0.717, 1.165) is 67.9 Å². The van der Waals surface area contributed by atoms with Gasteiger partial charge in [0, 0.05) is 50.7 Å². The van der Waals surface area contributed by atoms with Crippen molar-refractivity contribution in [1.29, 1.82) is 0 Å². The van der Waals surface area contributed by atoms with Crippen LogP contribution in [0.5, 0.6) is 5.75 Å². The van der Waals surface area contributed by atoms with E-state index >= 15 is 0 Å². The van der Waals surface area contributed by atoms with Crippen LogP contribution in [0.15, 0.2) is 83.7 Å². The Bertz CT molecular complexity index is 1310. The predicted molar refractivity (Wildman–Crippen MR) is 142 cm³/mol. The number of rotatable bonds is 8. The van der Waals surface area contributed by atoms with Crippen LogP contribution < -0.4 is 10.3 Å². The van der Waals surface area contributed by atoms with Crippen LogP contribution >= 0.6 is 0 Å². The summed E-state index contributed by atoms with van der Waals surface area (Å²) in [5, 5.41) is 1.06. The molecule has 1 saturated heterocycles. The summed E-state index contributed by atoms with van der Waals surface area (Å²) in [7, 11) is 0. The highest BCUT2D eigenvalue weighted by molar-refractivity contribution is 5.87. The van der Waals surface area contributed by atoms with Crippen LogP contribution in [0.25, 0.3) is 10.9 Å². The number of aryl methyl sites for hydroxylation is 1. The molecular formula is C30H33N3O2. The van der Waals surface area contributed by atoms with Gasteiger partial charge in [-0.25, -0.2) is 0 Å². The minimum Gasteiger partial charge on any atom is -0.487 e. The first kappa shape index (κ1) is 23.3. The first-order chi connectivity index (χ1) is 17.1. The zero-order valence-electron chi connectivity index (χ0n) is 20.4. The first-order valence-electron chi connectivity index (χ1n) is 12.5. The number of hydrogen-bond acceptors (Lipinski definition) is 4. The van der Waals surface area contributed by atoms with Gasteiger partial charge >= 0.3 is 0 Å². The molecule has 0 amide bonds. The van der Waals surface area contributed by atoms with E-state index in [0.29, 0.717) is 6.61 Å². The monoisotopic (exact) mass is 467 g/mol. The summed E-state index contributed by atoms with van der Waals surface area (Å²) in [6, 6.07) is 26.6. The Kier molecular flexibility index (Phi) is 7.26. The van der Waals surface area contributed by atoms with E-state index in [1.807, 2.05) is 42.5 Å². The minimum atomic E-state index is -0.107. The van der Waals surface area contributed by atoms with Gasteiger partial charge in [0.1, 0.15) is 12.4 Å². The lowest BCUT2D eigenvalue weighted by molar-refractivity contribution is 0.128. The number of H-pyrrole nitrogens is 1. The maximum atomic E-state index is 12.1. The topological polar surface area (TPSA) is 48.6 Å². The molecule has 0 spiro atoms. The Morgan fingerprint density at radius 1 is 0.800 bits per heavy atom. The summed E-state index contributed by atoms with van der Waals surface area (Å²) in [5.74, 6) is 0.718. The average molecular weight is 468 g/mol. The number of pyridine rings is 1. The molecule has 5 heteroatoms. The van der Waals surface area contributed by atoms with Crippen LogP contribution in [0.1, 0.15) is 22.3 Å². The summed E-state index contributed by atoms with van der Waals surface area (Å²) in [5.41, 5.74) is 5.72. The highest BCUT2D eigenvalue weighted by Gasteiger charge is 2.17. The quantitative estimate of drug-likeness (QED) is 0.405. The molecule has 0 unspecified atom stereocenters. The molecule has 0 atom stereocenters. The number of nitrogens with one attached hydrogen (secondary N) is 1. The molecule has 1 aromatic heterocycles. The number of benzene rings is 3. The molecule has 1 aliphatic heterocycles. The van der Waals surface area contributed by atoms with Gasteiger partial charge in [-0.15, -0.1) is 0 Å². The predicted octanol–water partition coefficient (Wildman–Crippen LogP) is 4.78. The zero-order chi connectivity index (χ0) is 24.0. The Balaban J connectivity index is 1.20. The summed E-state index contributed by atoms with van der Waals surface area (Å²) >= 11 is 0. The van der Waals surface area contributed by atoms with E-state index in [4.69, 9.17) is 4.74 Å². The van der Waals surface area contributed by atoms with Crippen LogP contribution in [0.2, 0.25) is 0 Å². The van der Waals surface area contributed by atoms with E-state index in [1.165, 1.54) is 16.7 Å². The maximum absolute atomic E-state index is 12.1. The van der Waals surface area contributed by atoms with Crippen molar-refractivity contribution in [1.82, 2.24) is 14.8 Å². The highest BCUT2D eigenvalue weighted by Crippen LogP contribution is 2.27. The standard InChI is InChI=1S/C30H33N3O2/c1-23-7-9-24(10-8-23)21-33-19-17-32(18-20-33)16-15-26-11-13-28(30-27(26)12-14-29(34)31-30)35-22-25-5-3-2-4-6-25/h2-14H,15-22H2,1H3,(H,31,34). The maximum Gasteiger partial charge on any atom is 0.248 e. The number of ether oxygens (including phenoxy) is 1. The second kappa shape index (κ2) is 10.9. The number of hydrogen-bond donors (Lipinski definition) is 1. The molecule has 2 heterocycles. The van der Waals surface area contributed by atoms with Gasteiger partial charge in [0.2, 0.25) is 5.56 Å². The average Bonchev–Trinajstić information content (AvgIpc) is 2.89. The lowest BCUT2D eigenvalue weighted by Gasteiger charge is -2.34. The lowest BCUT2D eigenvalue weighted by Crippen LogP contribution is -2.46. The van der Waals surface area contributed by atoms with Crippen molar-refractivity contribution in [2.45, 2.75) is 26.5 Å². The zero-order valence-corrected chi connectivity index (χ0v) is 20.4. The van der Waals surface area contributed by atoms with Crippen molar-refractivity contribution in [3.63, 3.8) is 0 Å². The summed E-state index contributed by atoms with van der Waals surface area (Å²) in [4.78, 5) is 20.2. The third-order valence-electron chi connectivity index (χ3n) is 6.87. The molecule has 1 N–H and O–H groups in total. The molecule has 5 nitrogen and oxygen atoms in total. The van der Waals surface area contributed by atoms with E-state index in [2.05, 4.69) is 52.0 Å². The second-order valence-corrected chi connectivity index (χ2v) is 9.46. The third kappa shape index (κ3) is 5.99. The largest absolute Gasteiger partial charge is 0.487 e. The molecule has 180 valence electrons. The van der Waals surface area contributed by atoms with Gasteiger partial charge in [-0.05, 0) is 42.2 Å². The van der Waals surface area contributed by atoms with Gasteiger partial charge in [-0.2, -0.15) is 0 Å². The Labute approximate surface area is 207 Å². The smallest absolute Gasteiger partial charge is 0.248 e. The molecule has 5 rings (SSSR count). The van der Waals surface area contributed by atoms with E-state index < -0.39 is 0 Å². The van der Waals surface area contributed by atoms with Gasteiger partial charge in [-0.1, -0.05) is 66.2 Å². The molecule has 35 heavy (non-hydrogen) atoms. The van der Waals surface area contributed by atoms with E-state index in [9.17, 15) is 4.79 Å². The number of aromatic nitrogens is 1. The molecule has 0 saturated carbocycles. The molecule has 1 fully saturated rings. The van der Waals surface area contributed by atoms with Gasteiger partial charge < -0.3 is 14.6 Å². The fourth-order valence-corrected chi connectivity index (χ4v) is 4.76. The van der Waals surface area contributed by atoms with Gasteiger partial charge in [-0.3, -0.25) is 9.69 Å². The Morgan fingerprint density at radius 3 is 2.31 bits per heavy atom. The van der Waals surface area contributed by atoms with Crippen LogP contribution in [0.4, 0.5) is 0 Å². The lowest BCUT2D eigenvalue weighted by atomic mass is 10.0. The second-order valence-electron chi connectivity index (χ2n) is 9.46. The van der Waals surface area contributed by atoms with Crippen molar-refractivity contribution in [3.05, 3.63) is 111 Å². The molecular weight excluding hydrogens is 434 g/mol.